The number of halogens is 2. The zero-order valence-corrected chi connectivity index (χ0v) is 34.3. The van der Waals surface area contributed by atoms with Crippen LogP contribution in [0.25, 0.3) is 11.1 Å². The molecule has 5 aliphatic rings. The first-order valence-corrected chi connectivity index (χ1v) is 21.0. The Morgan fingerprint density at radius 2 is 1.17 bits per heavy atom. The van der Waals surface area contributed by atoms with Gasteiger partial charge in [-0.15, -0.1) is 0 Å². The molecule has 1 atom stereocenters. The lowest BCUT2D eigenvalue weighted by atomic mass is 9.87. The van der Waals surface area contributed by atoms with Crippen molar-refractivity contribution in [3.63, 3.8) is 0 Å². The van der Waals surface area contributed by atoms with E-state index in [0.717, 1.165) is 85.6 Å². The summed E-state index contributed by atoms with van der Waals surface area (Å²) in [7, 11) is 4.19. The molecule has 10 nitrogen and oxygen atoms in total. The van der Waals surface area contributed by atoms with Gasteiger partial charge in [0, 0.05) is 100 Å². The molecule has 0 saturated carbocycles. The predicted molar refractivity (Wildman–Crippen MR) is 226 cm³/mol. The number of rotatable bonds is 9. The lowest BCUT2D eigenvalue weighted by Gasteiger charge is -2.34. The third-order valence-electron chi connectivity index (χ3n) is 12.6. The van der Waals surface area contributed by atoms with E-state index in [2.05, 4.69) is 34.9 Å². The quantitative estimate of drug-likeness (QED) is 0.211. The molecule has 0 bridgehead atoms. The maximum absolute atomic E-state index is 14.6. The second-order valence-electron chi connectivity index (χ2n) is 16.5. The van der Waals surface area contributed by atoms with E-state index in [0.29, 0.717) is 66.8 Å². The minimum Gasteiger partial charge on any atom is -0.492 e. The molecular weight excluding hydrogens is 765 g/mol. The van der Waals surface area contributed by atoms with Gasteiger partial charge in [0.2, 0.25) is 0 Å². The summed E-state index contributed by atoms with van der Waals surface area (Å²) in [6, 6.07) is 24.3. The summed E-state index contributed by atoms with van der Waals surface area (Å²) >= 11 is 0. The number of fused-ring (bicyclic) bond motifs is 2. The van der Waals surface area contributed by atoms with E-state index in [4.69, 9.17) is 14.2 Å². The molecule has 5 aliphatic heterocycles. The molecule has 12 heteroatoms. The van der Waals surface area contributed by atoms with E-state index in [-0.39, 0.29) is 42.6 Å². The molecule has 9 rings (SSSR count). The molecule has 3 fully saturated rings. The van der Waals surface area contributed by atoms with Crippen LogP contribution in [0.4, 0.5) is 8.78 Å². The van der Waals surface area contributed by atoms with E-state index >= 15 is 0 Å². The Labute approximate surface area is 350 Å². The lowest BCUT2D eigenvalue weighted by Crippen LogP contribution is -2.48. The Morgan fingerprint density at radius 3 is 1.77 bits per heavy atom. The Balaban J connectivity index is 0.987. The summed E-state index contributed by atoms with van der Waals surface area (Å²) in [6.07, 6.45) is 0.732. The second-order valence-corrected chi connectivity index (χ2v) is 16.5. The standard InChI is InChI=1S/C48H51F2N5O5/c1-51-17-21-53(22-18-51)25-26-58-38-12-14-44-40(28-38)46(33-5-10-37(50)11-6-33)42(31-60-44)48(57)55-16-15-35(29-55)34-7-13-43-39(27-34)45(32-3-8-36(49)9-4-32)41(30-59-43)47(56)54-23-19-52(2)20-24-54/h3-14,27-28,35H,15-26,29-31H2,1-2H3. The van der Waals surface area contributed by atoms with E-state index < -0.39 is 0 Å². The van der Waals surface area contributed by atoms with E-state index in [1.165, 1.54) is 24.3 Å². The largest absolute Gasteiger partial charge is 0.492 e. The number of amides is 2. The van der Waals surface area contributed by atoms with Crippen LogP contribution < -0.4 is 14.2 Å². The number of nitrogens with zero attached hydrogens (tertiary/aromatic N) is 5. The molecule has 0 aromatic heterocycles. The highest BCUT2D eigenvalue weighted by Crippen LogP contribution is 2.43. The normalized spacial score (nSPS) is 20.1. The highest BCUT2D eigenvalue weighted by Gasteiger charge is 2.36. The first kappa shape index (κ1) is 39.9. The van der Waals surface area contributed by atoms with Gasteiger partial charge in [-0.3, -0.25) is 14.5 Å². The number of hydrogen-bond donors (Lipinski definition) is 0. The van der Waals surface area contributed by atoms with Crippen LogP contribution >= 0.6 is 0 Å². The molecule has 0 N–H and O–H groups in total. The highest BCUT2D eigenvalue weighted by atomic mass is 19.1. The number of benzene rings is 4. The molecule has 5 heterocycles. The summed E-state index contributed by atoms with van der Waals surface area (Å²) in [5, 5.41) is 0. The van der Waals surface area contributed by atoms with Crippen molar-refractivity contribution in [2.24, 2.45) is 0 Å². The molecule has 0 radical (unpaired) electrons. The average molecular weight is 816 g/mol. The van der Waals surface area contributed by atoms with Gasteiger partial charge in [0.05, 0.1) is 11.1 Å². The van der Waals surface area contributed by atoms with Crippen LogP contribution in [0.5, 0.6) is 17.2 Å². The summed E-state index contributed by atoms with van der Waals surface area (Å²) in [5.41, 5.74) is 6.56. The van der Waals surface area contributed by atoms with Crippen molar-refractivity contribution in [1.29, 1.82) is 0 Å². The van der Waals surface area contributed by atoms with Crippen LogP contribution in [-0.2, 0) is 9.59 Å². The minimum atomic E-state index is -0.355. The Hall–Kier alpha value is -5.56. The summed E-state index contributed by atoms with van der Waals surface area (Å²) in [5.74, 6) is 1.10. The molecule has 0 spiro atoms. The van der Waals surface area contributed by atoms with Crippen molar-refractivity contribution in [2.75, 3.05) is 106 Å². The Bertz CT molecular complexity index is 2310. The number of piperazine rings is 2. The molecule has 2 amide bonds. The molecule has 3 saturated heterocycles. The van der Waals surface area contributed by atoms with Crippen LogP contribution in [-0.4, -0.2) is 142 Å². The molecule has 1 unspecified atom stereocenters. The summed E-state index contributed by atoms with van der Waals surface area (Å²) in [6.45, 7) is 9.47. The third kappa shape index (κ3) is 8.28. The van der Waals surface area contributed by atoms with Crippen molar-refractivity contribution in [3.8, 4) is 17.2 Å². The van der Waals surface area contributed by atoms with Crippen LogP contribution in [0.1, 0.15) is 40.2 Å². The predicted octanol–water partition coefficient (Wildman–Crippen LogP) is 5.77. The number of likely N-dealkylation sites (N-methyl/N-ethyl adjacent to an activating group) is 2. The fourth-order valence-electron chi connectivity index (χ4n) is 9.01. The molecule has 0 aliphatic carbocycles. The first-order chi connectivity index (χ1) is 29.2. The van der Waals surface area contributed by atoms with E-state index in [9.17, 15) is 18.4 Å². The van der Waals surface area contributed by atoms with E-state index in [1.54, 1.807) is 24.3 Å². The van der Waals surface area contributed by atoms with Crippen molar-refractivity contribution in [1.82, 2.24) is 24.5 Å². The summed E-state index contributed by atoms with van der Waals surface area (Å²) in [4.78, 5) is 39.4. The van der Waals surface area contributed by atoms with Crippen molar-refractivity contribution < 1.29 is 32.6 Å². The van der Waals surface area contributed by atoms with Crippen LogP contribution in [0.3, 0.4) is 0 Å². The van der Waals surface area contributed by atoms with Crippen LogP contribution in [0.15, 0.2) is 96.1 Å². The second kappa shape index (κ2) is 17.2. The monoisotopic (exact) mass is 815 g/mol. The SMILES string of the molecule is CN1CCN(CCOc2ccc3c(c2)C(c2ccc(F)cc2)=C(C(=O)N2CCC(c4ccc5c(c4)C(c4ccc(F)cc4)=C(C(=O)N4CCN(C)CC4)CO5)C2)CO3)CC1. The minimum absolute atomic E-state index is 0.0133. The first-order valence-electron chi connectivity index (χ1n) is 21.0. The zero-order valence-electron chi connectivity index (χ0n) is 34.3. The molecule has 60 heavy (non-hydrogen) atoms. The van der Waals surface area contributed by atoms with Crippen molar-refractivity contribution in [2.45, 2.75) is 12.3 Å². The lowest BCUT2D eigenvalue weighted by molar-refractivity contribution is -0.129. The Morgan fingerprint density at radius 1 is 0.633 bits per heavy atom. The van der Waals surface area contributed by atoms with E-state index in [1.807, 2.05) is 40.1 Å². The van der Waals surface area contributed by atoms with Gasteiger partial charge in [0.25, 0.3) is 11.8 Å². The third-order valence-corrected chi connectivity index (χ3v) is 12.6. The fraction of sp³-hybridized carbons (Fsp3) is 0.375. The summed E-state index contributed by atoms with van der Waals surface area (Å²) < 4.78 is 47.2. The smallest absolute Gasteiger partial charge is 0.253 e. The van der Waals surface area contributed by atoms with Crippen LogP contribution in [0, 0.1) is 11.6 Å². The number of carbonyl (C=O) groups excluding carboxylic acids is 2. The fourth-order valence-corrected chi connectivity index (χ4v) is 9.01. The van der Waals surface area contributed by atoms with Gasteiger partial charge in [-0.05, 0) is 91.8 Å². The van der Waals surface area contributed by atoms with Gasteiger partial charge in [0.15, 0.2) is 0 Å². The number of hydrogen-bond acceptors (Lipinski definition) is 8. The van der Waals surface area contributed by atoms with Gasteiger partial charge in [0.1, 0.15) is 48.7 Å². The highest BCUT2D eigenvalue weighted by molar-refractivity contribution is 6.07. The number of likely N-dealkylation sites (tertiary alicyclic amines) is 1. The maximum Gasteiger partial charge on any atom is 0.253 e. The van der Waals surface area contributed by atoms with Gasteiger partial charge in [-0.1, -0.05) is 30.3 Å². The van der Waals surface area contributed by atoms with Crippen molar-refractivity contribution >= 4 is 23.0 Å². The average Bonchev–Trinajstić information content (AvgIpc) is 3.77. The molecule has 4 aromatic carbocycles. The van der Waals surface area contributed by atoms with Gasteiger partial charge >= 0.3 is 0 Å². The number of carbonyl (C=O) groups is 2. The van der Waals surface area contributed by atoms with Crippen LogP contribution in [0.2, 0.25) is 0 Å². The van der Waals surface area contributed by atoms with Gasteiger partial charge < -0.3 is 33.8 Å². The molecule has 312 valence electrons. The number of ether oxygens (including phenoxy) is 3. The molecular formula is C48H51F2N5O5. The maximum atomic E-state index is 14.6. The molecule has 4 aromatic rings. The Kier molecular flexibility index (Phi) is 11.4. The van der Waals surface area contributed by atoms with Gasteiger partial charge in [-0.2, -0.15) is 0 Å². The zero-order chi connectivity index (χ0) is 41.3. The van der Waals surface area contributed by atoms with Gasteiger partial charge in [-0.25, -0.2) is 8.78 Å². The topological polar surface area (TPSA) is 78.0 Å². The van der Waals surface area contributed by atoms with Crippen molar-refractivity contribution in [3.05, 3.63) is 136 Å².